The van der Waals surface area contributed by atoms with Crippen molar-refractivity contribution in [2.24, 2.45) is 0 Å². The van der Waals surface area contributed by atoms with Gasteiger partial charge in [-0.3, -0.25) is 9.35 Å². The van der Waals surface area contributed by atoms with Crippen LogP contribution in [0.5, 0.6) is 5.75 Å². The Hall–Kier alpha value is -1.72. The number of ether oxygens (including phenoxy) is 1. The zero-order valence-electron chi connectivity index (χ0n) is 14.4. The second-order valence-corrected chi connectivity index (χ2v) is 9.47. The maximum Gasteiger partial charge on any atom is 0.267 e. The number of amides is 1. The van der Waals surface area contributed by atoms with E-state index in [2.05, 4.69) is 37.2 Å². The molecule has 0 aliphatic carbocycles. The summed E-state index contributed by atoms with van der Waals surface area (Å²) in [6.07, 6.45) is 0. The van der Waals surface area contributed by atoms with Crippen molar-refractivity contribution in [3.05, 3.63) is 68.4 Å². The number of nitrogens with zero attached hydrogens (tertiary/aromatic N) is 1. The van der Waals surface area contributed by atoms with Gasteiger partial charge in [0.1, 0.15) is 16.4 Å². The maximum atomic E-state index is 12.6. The van der Waals surface area contributed by atoms with E-state index in [-0.39, 0.29) is 5.91 Å². The third-order valence-corrected chi connectivity index (χ3v) is 7.74. The topological polar surface area (TPSA) is 78.9 Å². The number of nitrogens with one attached hydrogen (secondary N) is 1. The van der Waals surface area contributed by atoms with E-state index in [1.165, 1.54) is 28.8 Å². The van der Waals surface area contributed by atoms with Crippen LogP contribution in [0.1, 0.15) is 10.4 Å². The fourth-order valence-corrected chi connectivity index (χ4v) is 5.17. The van der Waals surface area contributed by atoms with Crippen LogP contribution in [0.15, 0.2) is 62.9 Å². The number of thiophene rings is 1. The highest BCUT2D eigenvalue weighted by atomic mass is 79.9. The van der Waals surface area contributed by atoms with Gasteiger partial charge in [-0.2, -0.15) is 0 Å². The number of anilines is 3. The molecule has 1 amide bonds. The lowest BCUT2D eigenvalue weighted by Gasteiger charge is -2.21. The summed E-state index contributed by atoms with van der Waals surface area (Å²) in [5, 5.41) is 3.29. The van der Waals surface area contributed by atoms with Gasteiger partial charge in [0.15, 0.2) is 0 Å². The van der Waals surface area contributed by atoms with E-state index in [9.17, 15) is 13.6 Å². The summed E-state index contributed by atoms with van der Waals surface area (Å²) >= 11 is 5.65. The number of carbonyl (C=O) groups excluding carboxylic acids is 1. The van der Waals surface area contributed by atoms with Gasteiger partial charge >= 0.3 is 0 Å². The molecule has 2 N–H and O–H groups in total. The van der Waals surface area contributed by atoms with E-state index in [1.54, 1.807) is 30.3 Å². The van der Waals surface area contributed by atoms with Gasteiger partial charge in [-0.15, -0.1) is 11.3 Å². The van der Waals surface area contributed by atoms with Crippen molar-refractivity contribution in [1.29, 1.82) is 0 Å². The Balaban J connectivity index is 2.02. The number of methoxy groups -OCH3 is 1. The molecule has 0 aliphatic heterocycles. The Kier molecular flexibility index (Phi) is 6.89. The number of carbonyl (C=O) groups is 1. The molecule has 6 nitrogen and oxygen atoms in total. The number of hydrogen-bond donors (Lipinski definition) is 2. The van der Waals surface area contributed by atoms with Gasteiger partial charge in [-0.25, -0.2) is 8.51 Å². The smallest absolute Gasteiger partial charge is 0.267 e. The molecule has 0 radical (unpaired) electrons. The van der Waals surface area contributed by atoms with Crippen LogP contribution in [0, 0.1) is 0 Å². The van der Waals surface area contributed by atoms with Crippen LogP contribution >= 0.6 is 43.2 Å². The van der Waals surface area contributed by atoms with Gasteiger partial charge in [0.05, 0.1) is 10.9 Å². The maximum absolute atomic E-state index is 12.6. The van der Waals surface area contributed by atoms with Gasteiger partial charge in [0.2, 0.25) is 0 Å². The van der Waals surface area contributed by atoms with Crippen LogP contribution in [0.3, 0.4) is 0 Å². The molecule has 0 spiro atoms. The van der Waals surface area contributed by atoms with Crippen LogP contribution in [0.2, 0.25) is 0 Å². The molecule has 1 unspecified atom stereocenters. The predicted molar refractivity (Wildman–Crippen MR) is 120 cm³/mol. The van der Waals surface area contributed by atoms with E-state index in [0.717, 1.165) is 8.26 Å². The van der Waals surface area contributed by atoms with Crippen LogP contribution in [0.25, 0.3) is 0 Å². The quantitative estimate of drug-likeness (QED) is 0.383. The third kappa shape index (κ3) is 4.64. The summed E-state index contributed by atoms with van der Waals surface area (Å²) in [5.41, 5.74) is 1.27. The molecule has 0 fully saturated rings. The molecule has 1 atom stereocenters. The first-order valence-corrected chi connectivity index (χ1v) is 11.3. The molecule has 0 bridgehead atoms. The average Bonchev–Trinajstić information content (AvgIpc) is 3.00. The minimum absolute atomic E-state index is 0.297. The summed E-state index contributed by atoms with van der Waals surface area (Å²) in [4.78, 5) is 12.6. The van der Waals surface area contributed by atoms with Crippen molar-refractivity contribution in [3.8, 4) is 5.75 Å². The molecular weight excluding hydrogens is 532 g/mol. The van der Waals surface area contributed by atoms with Crippen molar-refractivity contribution in [3.63, 3.8) is 0 Å². The molecule has 146 valence electrons. The summed E-state index contributed by atoms with van der Waals surface area (Å²) in [6.45, 7) is 0. The van der Waals surface area contributed by atoms with Crippen LogP contribution < -0.4 is 14.4 Å². The van der Waals surface area contributed by atoms with Gasteiger partial charge in [0, 0.05) is 15.7 Å². The molecule has 1 heterocycles. The Morgan fingerprint density at radius 2 is 1.89 bits per heavy atom. The molecule has 10 heteroatoms. The third-order valence-electron chi connectivity index (χ3n) is 3.68. The molecule has 3 aromatic rings. The zero-order chi connectivity index (χ0) is 20.3. The summed E-state index contributed by atoms with van der Waals surface area (Å²) in [7, 11) is 1.46. The summed E-state index contributed by atoms with van der Waals surface area (Å²) in [5.74, 6) is 0.0200. The van der Waals surface area contributed by atoms with Crippen molar-refractivity contribution >= 4 is 76.7 Å². The Morgan fingerprint density at radius 1 is 1.18 bits per heavy atom. The standard InChI is InChI=1S/C18H14Br2N2O4S2/c1-26-15-8-7-11(18(23)21-12-5-3-2-4-6-12)9-14(15)22(28(24)25)16-10-13(19)17(20)27-16/h2-10H,1H3,(H,21,23)(H,24,25). The Bertz CT molecular complexity index is 1010. The van der Waals surface area contributed by atoms with Crippen molar-refractivity contribution < 1.29 is 18.3 Å². The Labute approximate surface area is 185 Å². The van der Waals surface area contributed by atoms with Crippen LogP contribution in [0.4, 0.5) is 16.4 Å². The van der Waals surface area contributed by atoms with E-state index >= 15 is 0 Å². The number of rotatable bonds is 6. The molecule has 0 saturated heterocycles. The molecule has 0 aliphatic rings. The van der Waals surface area contributed by atoms with Crippen LogP contribution in [-0.4, -0.2) is 21.8 Å². The molecule has 2 aromatic carbocycles. The van der Waals surface area contributed by atoms with Crippen molar-refractivity contribution in [1.82, 2.24) is 0 Å². The van der Waals surface area contributed by atoms with Crippen molar-refractivity contribution in [2.75, 3.05) is 16.7 Å². The lowest BCUT2D eigenvalue weighted by molar-refractivity contribution is 0.102. The second kappa shape index (κ2) is 9.19. The van der Waals surface area contributed by atoms with E-state index in [4.69, 9.17) is 4.74 Å². The summed E-state index contributed by atoms with van der Waals surface area (Å²) < 4.78 is 30.1. The lowest BCUT2D eigenvalue weighted by atomic mass is 10.1. The minimum Gasteiger partial charge on any atom is -0.495 e. The van der Waals surface area contributed by atoms with Gasteiger partial charge in [0.25, 0.3) is 17.2 Å². The van der Waals surface area contributed by atoms with E-state index in [0.29, 0.717) is 27.7 Å². The normalized spacial score (nSPS) is 11.7. The highest BCUT2D eigenvalue weighted by Gasteiger charge is 2.24. The van der Waals surface area contributed by atoms with E-state index < -0.39 is 11.3 Å². The van der Waals surface area contributed by atoms with E-state index in [1.807, 2.05) is 18.2 Å². The molecule has 0 saturated carbocycles. The SMILES string of the molecule is COc1ccc(C(=O)Nc2ccccc2)cc1N(c1cc(Br)c(Br)s1)S(=O)O. The Morgan fingerprint density at radius 3 is 2.46 bits per heavy atom. The minimum atomic E-state index is -2.38. The highest BCUT2D eigenvalue weighted by molar-refractivity contribution is 9.13. The fraction of sp³-hybridized carbons (Fsp3) is 0.0556. The molecule has 3 rings (SSSR count). The summed E-state index contributed by atoms with van der Waals surface area (Å²) in [6, 6.07) is 15.5. The first-order valence-electron chi connectivity index (χ1n) is 7.81. The second-order valence-electron chi connectivity index (χ2n) is 5.44. The van der Waals surface area contributed by atoms with Gasteiger partial charge < -0.3 is 10.1 Å². The highest BCUT2D eigenvalue weighted by Crippen LogP contribution is 2.43. The number of benzene rings is 2. The number of halogens is 2. The first kappa shape index (κ1) is 21.0. The molecular formula is C18H14Br2N2O4S2. The predicted octanol–water partition coefficient (Wildman–Crippen LogP) is 5.81. The number of para-hydroxylation sites is 1. The zero-order valence-corrected chi connectivity index (χ0v) is 19.2. The van der Waals surface area contributed by atoms with Gasteiger partial charge in [-0.1, -0.05) is 18.2 Å². The van der Waals surface area contributed by atoms with Crippen LogP contribution in [-0.2, 0) is 11.3 Å². The molecule has 1 aromatic heterocycles. The largest absolute Gasteiger partial charge is 0.495 e. The monoisotopic (exact) mass is 544 g/mol. The number of hydrogen-bond acceptors (Lipinski definition) is 4. The first-order chi connectivity index (χ1) is 13.4. The fourth-order valence-electron chi connectivity index (χ4n) is 2.43. The van der Waals surface area contributed by atoms with Gasteiger partial charge in [-0.05, 0) is 68.3 Å². The average molecular weight is 546 g/mol. The van der Waals surface area contributed by atoms with Crippen molar-refractivity contribution in [2.45, 2.75) is 0 Å². The lowest BCUT2D eigenvalue weighted by Crippen LogP contribution is -2.20. The molecule has 28 heavy (non-hydrogen) atoms.